The fraction of sp³-hybridized carbons (Fsp3) is 0.200. The number of carbonyl (C=O) groups is 1. The van der Waals surface area contributed by atoms with Crippen LogP contribution in [0.3, 0.4) is 0 Å². The third kappa shape index (κ3) is 3.12. The van der Waals surface area contributed by atoms with Crippen LogP contribution in [0.4, 0.5) is 0 Å². The van der Waals surface area contributed by atoms with Crippen LogP contribution in [0.2, 0.25) is 0 Å². The number of ether oxygens (including phenoxy) is 1. The van der Waals surface area contributed by atoms with E-state index >= 15 is 0 Å². The third-order valence-electron chi connectivity index (χ3n) is 0.604. The number of allylic oxidation sites excluding steroid dienone is 1. The first kappa shape index (κ1) is 7.50. The second-order valence-electron chi connectivity index (χ2n) is 1.23. The molecule has 0 rings (SSSR count). The average Bonchev–Trinajstić information content (AvgIpc) is 1.87. The zero-order chi connectivity index (χ0) is 7.28. The lowest BCUT2D eigenvalue weighted by atomic mass is 10.4. The lowest BCUT2D eigenvalue weighted by molar-refractivity contribution is -0.134. The molecule has 2 N–H and O–H groups in total. The number of rotatable bonds is 1. The topological polar surface area (TPSA) is 76.1 Å². The molecule has 0 spiro atoms. The summed E-state index contributed by atoms with van der Waals surface area (Å²) >= 11 is 0. The van der Waals surface area contributed by atoms with Crippen LogP contribution < -0.4 is 5.73 Å². The molecule has 0 saturated carbocycles. The van der Waals surface area contributed by atoms with Gasteiger partial charge in [-0.3, -0.25) is 0 Å². The maximum absolute atomic E-state index is 10.3. The van der Waals surface area contributed by atoms with Crippen molar-refractivity contribution in [2.75, 3.05) is 7.11 Å². The Kier molecular flexibility index (Phi) is 2.91. The Hall–Kier alpha value is -1.50. The number of esters is 1. The normalized spacial score (nSPS) is 10.0. The number of methoxy groups -OCH3 is 1. The minimum Gasteiger partial charge on any atom is -0.466 e. The van der Waals surface area contributed by atoms with Crippen LogP contribution in [0.15, 0.2) is 11.8 Å². The van der Waals surface area contributed by atoms with Gasteiger partial charge in [0, 0.05) is 0 Å². The molecule has 0 radical (unpaired) electrons. The molecule has 0 atom stereocenters. The van der Waals surface area contributed by atoms with Gasteiger partial charge in [-0.1, -0.05) is 0 Å². The summed E-state index contributed by atoms with van der Waals surface area (Å²) in [4.78, 5) is 10.3. The van der Waals surface area contributed by atoms with Gasteiger partial charge >= 0.3 is 5.97 Å². The summed E-state index contributed by atoms with van der Waals surface area (Å²) in [6.45, 7) is 0. The molecular weight excluding hydrogens is 120 g/mol. The van der Waals surface area contributed by atoms with Gasteiger partial charge in [-0.2, -0.15) is 5.26 Å². The van der Waals surface area contributed by atoms with Crippen LogP contribution in [-0.4, -0.2) is 13.1 Å². The first-order chi connectivity index (χ1) is 4.20. The van der Waals surface area contributed by atoms with Gasteiger partial charge in [0.15, 0.2) is 0 Å². The lowest BCUT2D eigenvalue weighted by Crippen LogP contribution is -2.01. The van der Waals surface area contributed by atoms with Crippen LogP contribution in [0.1, 0.15) is 0 Å². The van der Waals surface area contributed by atoms with E-state index in [0.29, 0.717) is 0 Å². The number of nitrogens with zero attached hydrogens (tertiary/aromatic N) is 1. The summed E-state index contributed by atoms with van der Waals surface area (Å²) in [6.07, 6.45) is 0.917. The van der Waals surface area contributed by atoms with Crippen molar-refractivity contribution < 1.29 is 9.53 Å². The van der Waals surface area contributed by atoms with Gasteiger partial charge in [-0.15, -0.1) is 0 Å². The quantitative estimate of drug-likeness (QED) is 0.292. The molecule has 4 nitrogen and oxygen atoms in total. The standard InChI is InChI=1S/C5H6N2O2/c1-9-5(8)2-4(7)3-6/h2H,7H2,1H3. The van der Waals surface area contributed by atoms with E-state index in [4.69, 9.17) is 11.0 Å². The number of nitrogens with two attached hydrogens (primary N) is 1. The first-order valence-corrected chi connectivity index (χ1v) is 2.16. The van der Waals surface area contributed by atoms with E-state index in [2.05, 4.69) is 4.74 Å². The SMILES string of the molecule is COC(=O)C=C(N)C#N. The number of hydrogen-bond donors (Lipinski definition) is 1. The molecule has 0 unspecified atom stereocenters. The Labute approximate surface area is 52.5 Å². The van der Waals surface area contributed by atoms with Gasteiger partial charge in [0.2, 0.25) is 0 Å². The van der Waals surface area contributed by atoms with Crippen molar-refractivity contribution in [3.05, 3.63) is 11.8 Å². The van der Waals surface area contributed by atoms with Gasteiger partial charge in [0.05, 0.1) is 13.2 Å². The summed E-state index contributed by atoms with van der Waals surface area (Å²) in [5.41, 5.74) is 4.80. The third-order valence-corrected chi connectivity index (χ3v) is 0.604. The molecule has 0 bridgehead atoms. The molecule has 0 saturated heterocycles. The fourth-order valence-electron chi connectivity index (χ4n) is 0.218. The minimum absolute atomic E-state index is 0.151. The van der Waals surface area contributed by atoms with E-state index in [-0.39, 0.29) is 5.70 Å². The van der Waals surface area contributed by atoms with E-state index in [9.17, 15) is 4.79 Å². The van der Waals surface area contributed by atoms with E-state index in [1.165, 1.54) is 7.11 Å². The molecule has 9 heavy (non-hydrogen) atoms. The number of hydrogen-bond acceptors (Lipinski definition) is 4. The zero-order valence-corrected chi connectivity index (χ0v) is 4.92. The second-order valence-corrected chi connectivity index (χ2v) is 1.23. The van der Waals surface area contributed by atoms with E-state index in [0.717, 1.165) is 6.08 Å². The molecule has 0 aliphatic heterocycles. The van der Waals surface area contributed by atoms with Crippen LogP contribution in [0.5, 0.6) is 0 Å². The van der Waals surface area contributed by atoms with E-state index < -0.39 is 5.97 Å². The van der Waals surface area contributed by atoms with Crippen molar-refractivity contribution in [1.82, 2.24) is 0 Å². The Bertz CT molecular complexity index is 178. The monoisotopic (exact) mass is 126 g/mol. The summed E-state index contributed by atoms with van der Waals surface area (Å²) in [5, 5.41) is 8.03. The van der Waals surface area contributed by atoms with Gasteiger partial charge in [-0.25, -0.2) is 4.79 Å². The Balaban J connectivity index is 4.00. The lowest BCUT2D eigenvalue weighted by Gasteiger charge is -1.87. The summed E-state index contributed by atoms with van der Waals surface area (Å²) in [6, 6.07) is 1.57. The molecule has 0 fully saturated rings. The largest absolute Gasteiger partial charge is 0.466 e. The zero-order valence-electron chi connectivity index (χ0n) is 4.92. The van der Waals surface area contributed by atoms with Gasteiger partial charge in [0.25, 0.3) is 0 Å². The van der Waals surface area contributed by atoms with Gasteiger partial charge in [0.1, 0.15) is 11.8 Å². The molecule has 0 amide bonds. The predicted molar refractivity (Wildman–Crippen MR) is 29.9 cm³/mol. The van der Waals surface area contributed by atoms with Crippen molar-refractivity contribution in [3.63, 3.8) is 0 Å². The molecule has 0 heterocycles. The Morgan fingerprint density at radius 3 is 2.78 bits per heavy atom. The average molecular weight is 126 g/mol. The summed E-state index contributed by atoms with van der Waals surface area (Å²) < 4.78 is 4.18. The molecule has 0 aromatic carbocycles. The summed E-state index contributed by atoms with van der Waals surface area (Å²) in [7, 11) is 1.21. The van der Waals surface area contributed by atoms with Crippen molar-refractivity contribution in [2.24, 2.45) is 5.73 Å². The molecule has 4 heteroatoms. The Morgan fingerprint density at radius 2 is 2.44 bits per heavy atom. The van der Waals surface area contributed by atoms with Crippen LogP contribution in [0, 0.1) is 11.3 Å². The van der Waals surface area contributed by atoms with Crippen LogP contribution in [-0.2, 0) is 9.53 Å². The number of nitriles is 1. The molecule has 0 aromatic rings. The smallest absolute Gasteiger partial charge is 0.333 e. The van der Waals surface area contributed by atoms with Crippen molar-refractivity contribution in [3.8, 4) is 6.07 Å². The van der Waals surface area contributed by atoms with Crippen molar-refractivity contribution in [2.45, 2.75) is 0 Å². The predicted octanol–water partition coefficient (Wildman–Crippen LogP) is -0.474. The van der Waals surface area contributed by atoms with Gasteiger partial charge in [-0.05, 0) is 0 Å². The van der Waals surface area contributed by atoms with Gasteiger partial charge < -0.3 is 10.5 Å². The van der Waals surface area contributed by atoms with E-state index in [1.54, 1.807) is 6.07 Å². The van der Waals surface area contributed by atoms with Crippen molar-refractivity contribution >= 4 is 5.97 Å². The second kappa shape index (κ2) is 3.50. The molecule has 0 aliphatic carbocycles. The highest BCUT2D eigenvalue weighted by molar-refractivity contribution is 5.83. The molecular formula is C5H6N2O2. The first-order valence-electron chi connectivity index (χ1n) is 2.16. The molecule has 48 valence electrons. The summed E-state index contributed by atoms with van der Waals surface area (Å²) in [5.74, 6) is -0.617. The molecule has 0 aromatic heterocycles. The van der Waals surface area contributed by atoms with Crippen LogP contribution in [0.25, 0.3) is 0 Å². The highest BCUT2D eigenvalue weighted by Crippen LogP contribution is 1.81. The number of carbonyl (C=O) groups excluding carboxylic acids is 1. The van der Waals surface area contributed by atoms with Crippen LogP contribution >= 0.6 is 0 Å². The fourth-order valence-corrected chi connectivity index (χ4v) is 0.218. The Morgan fingerprint density at radius 1 is 1.89 bits per heavy atom. The highest BCUT2D eigenvalue weighted by atomic mass is 16.5. The van der Waals surface area contributed by atoms with E-state index in [1.807, 2.05) is 0 Å². The minimum atomic E-state index is -0.617. The molecule has 0 aliphatic rings. The maximum atomic E-state index is 10.3. The highest BCUT2D eigenvalue weighted by Gasteiger charge is 1.93. The van der Waals surface area contributed by atoms with Crippen molar-refractivity contribution in [1.29, 1.82) is 5.26 Å². The maximum Gasteiger partial charge on any atom is 0.333 e.